The van der Waals surface area contributed by atoms with E-state index in [1.54, 1.807) is 41.3 Å². The lowest BCUT2D eigenvalue weighted by molar-refractivity contribution is -0.141. The first-order valence-electron chi connectivity index (χ1n) is 13.1. The van der Waals surface area contributed by atoms with Crippen molar-refractivity contribution >= 4 is 50.7 Å². The highest BCUT2D eigenvalue weighted by Crippen LogP contribution is 2.25. The van der Waals surface area contributed by atoms with Crippen LogP contribution in [0.3, 0.4) is 0 Å². The van der Waals surface area contributed by atoms with Crippen molar-refractivity contribution < 1.29 is 18.0 Å². The molecule has 0 aliphatic heterocycles. The summed E-state index contributed by atoms with van der Waals surface area (Å²) in [6.07, 6.45) is 6.03. The zero-order valence-electron chi connectivity index (χ0n) is 22.3. The van der Waals surface area contributed by atoms with Crippen molar-refractivity contribution in [1.29, 1.82) is 0 Å². The summed E-state index contributed by atoms with van der Waals surface area (Å²) in [6, 6.07) is 11.8. The molecule has 38 heavy (non-hydrogen) atoms. The summed E-state index contributed by atoms with van der Waals surface area (Å²) in [5.74, 6) is -0.405. The predicted molar refractivity (Wildman–Crippen MR) is 154 cm³/mol. The maximum Gasteiger partial charge on any atom is 0.243 e. The standard InChI is InChI=1S/C28H37Cl2N3O4S/c1-4-26(28(35)31-23-10-5-6-11-23)32(19-21-14-15-22(29)18-25(21)30)27(34)13-8-16-33(38(3,36)37)24-12-7-9-20(2)17-24/h7,9,12,14-15,17-18,23,26H,4-6,8,10-11,13,16,19H2,1-3H3,(H,31,35)/t26-/m1/s1. The molecule has 1 saturated carbocycles. The van der Waals surface area contributed by atoms with Gasteiger partial charge in [0.15, 0.2) is 0 Å². The van der Waals surface area contributed by atoms with Gasteiger partial charge in [-0.15, -0.1) is 0 Å². The number of nitrogens with one attached hydrogen (secondary N) is 1. The highest BCUT2D eigenvalue weighted by molar-refractivity contribution is 7.92. The van der Waals surface area contributed by atoms with E-state index < -0.39 is 16.1 Å². The molecule has 3 rings (SSSR count). The average Bonchev–Trinajstić information content (AvgIpc) is 3.35. The average molecular weight is 583 g/mol. The van der Waals surface area contributed by atoms with Crippen molar-refractivity contribution in [3.63, 3.8) is 0 Å². The second-order valence-corrected chi connectivity index (χ2v) is 12.7. The number of rotatable bonds is 12. The molecule has 1 N–H and O–H groups in total. The van der Waals surface area contributed by atoms with E-state index in [9.17, 15) is 18.0 Å². The molecule has 0 spiro atoms. The van der Waals surface area contributed by atoms with Crippen LogP contribution >= 0.6 is 23.2 Å². The van der Waals surface area contributed by atoms with Crippen molar-refractivity contribution in [3.8, 4) is 0 Å². The summed E-state index contributed by atoms with van der Waals surface area (Å²) in [5, 5.41) is 4.03. The van der Waals surface area contributed by atoms with Crippen LogP contribution in [0.25, 0.3) is 0 Å². The maximum absolute atomic E-state index is 13.6. The van der Waals surface area contributed by atoms with Gasteiger partial charge in [0.2, 0.25) is 21.8 Å². The Labute approximate surface area is 236 Å². The number of hydrogen-bond donors (Lipinski definition) is 1. The molecule has 0 unspecified atom stereocenters. The first kappa shape index (κ1) is 30.3. The fourth-order valence-corrected chi connectivity index (χ4v) is 6.33. The molecule has 0 saturated heterocycles. The Balaban J connectivity index is 1.78. The fraction of sp³-hybridized carbons (Fsp3) is 0.500. The van der Waals surface area contributed by atoms with E-state index in [0.717, 1.165) is 37.5 Å². The highest BCUT2D eigenvalue weighted by Gasteiger charge is 2.31. The van der Waals surface area contributed by atoms with Crippen LogP contribution in [0.2, 0.25) is 10.0 Å². The Morgan fingerprint density at radius 2 is 1.82 bits per heavy atom. The second kappa shape index (κ2) is 13.7. The van der Waals surface area contributed by atoms with Gasteiger partial charge in [-0.25, -0.2) is 8.42 Å². The lowest BCUT2D eigenvalue weighted by atomic mass is 10.1. The van der Waals surface area contributed by atoms with Crippen LogP contribution in [-0.4, -0.2) is 50.0 Å². The minimum absolute atomic E-state index is 0.0796. The van der Waals surface area contributed by atoms with Crippen LogP contribution in [0, 0.1) is 6.92 Å². The first-order valence-corrected chi connectivity index (χ1v) is 15.7. The molecule has 1 aliphatic rings. The van der Waals surface area contributed by atoms with E-state index >= 15 is 0 Å². The van der Waals surface area contributed by atoms with Gasteiger partial charge in [-0.05, 0) is 68.0 Å². The zero-order chi connectivity index (χ0) is 27.9. The molecule has 0 aromatic heterocycles. The number of benzene rings is 2. The number of aryl methyl sites for hydroxylation is 1. The van der Waals surface area contributed by atoms with Crippen LogP contribution in [0.1, 0.15) is 63.0 Å². The van der Waals surface area contributed by atoms with E-state index in [2.05, 4.69) is 5.32 Å². The Kier molecular flexibility index (Phi) is 10.9. The molecular formula is C28H37Cl2N3O4S. The topological polar surface area (TPSA) is 86.8 Å². The van der Waals surface area contributed by atoms with Crippen LogP contribution in [0.5, 0.6) is 0 Å². The Hall–Kier alpha value is -2.29. The Morgan fingerprint density at radius 3 is 2.42 bits per heavy atom. The van der Waals surface area contributed by atoms with Gasteiger partial charge >= 0.3 is 0 Å². The predicted octanol–water partition coefficient (Wildman–Crippen LogP) is 5.71. The molecule has 2 amide bonds. The van der Waals surface area contributed by atoms with Gasteiger partial charge in [-0.3, -0.25) is 13.9 Å². The minimum atomic E-state index is -3.54. The summed E-state index contributed by atoms with van der Waals surface area (Å²) >= 11 is 12.5. The molecule has 1 aliphatic carbocycles. The first-order chi connectivity index (χ1) is 18.0. The van der Waals surface area contributed by atoms with Gasteiger partial charge in [0.25, 0.3) is 0 Å². The molecule has 0 bridgehead atoms. The van der Waals surface area contributed by atoms with Crippen LogP contribution < -0.4 is 9.62 Å². The van der Waals surface area contributed by atoms with Crippen molar-refractivity contribution in [3.05, 3.63) is 63.6 Å². The van der Waals surface area contributed by atoms with Crippen molar-refractivity contribution in [2.24, 2.45) is 0 Å². The Bertz CT molecular complexity index is 1230. The molecule has 208 valence electrons. The van der Waals surface area contributed by atoms with Crippen LogP contribution in [-0.2, 0) is 26.2 Å². The number of carbonyl (C=O) groups is 2. The van der Waals surface area contributed by atoms with Gasteiger partial charge < -0.3 is 10.2 Å². The van der Waals surface area contributed by atoms with Gasteiger partial charge in [0.1, 0.15) is 6.04 Å². The highest BCUT2D eigenvalue weighted by atomic mass is 35.5. The van der Waals surface area contributed by atoms with Crippen molar-refractivity contribution in [2.75, 3.05) is 17.1 Å². The largest absolute Gasteiger partial charge is 0.352 e. The quantitative estimate of drug-likeness (QED) is 0.347. The molecule has 0 radical (unpaired) electrons. The molecular weight excluding hydrogens is 545 g/mol. The number of halogens is 2. The van der Waals surface area contributed by atoms with E-state index in [1.807, 2.05) is 19.9 Å². The normalized spacial score (nSPS) is 14.8. The number of amides is 2. The smallest absolute Gasteiger partial charge is 0.243 e. The molecule has 7 nitrogen and oxygen atoms in total. The zero-order valence-corrected chi connectivity index (χ0v) is 24.6. The van der Waals surface area contributed by atoms with Crippen LogP contribution in [0.4, 0.5) is 5.69 Å². The molecule has 1 fully saturated rings. The van der Waals surface area contributed by atoms with Crippen molar-refractivity contribution in [1.82, 2.24) is 10.2 Å². The summed E-state index contributed by atoms with van der Waals surface area (Å²) in [6.45, 7) is 4.08. The van der Waals surface area contributed by atoms with Crippen molar-refractivity contribution in [2.45, 2.75) is 77.4 Å². The van der Waals surface area contributed by atoms with E-state index in [1.165, 1.54) is 4.31 Å². The monoisotopic (exact) mass is 581 g/mol. The third-order valence-electron chi connectivity index (χ3n) is 6.89. The third-order valence-corrected chi connectivity index (χ3v) is 8.67. The summed E-state index contributed by atoms with van der Waals surface area (Å²) in [4.78, 5) is 28.5. The number of sulfonamides is 1. The summed E-state index contributed by atoms with van der Waals surface area (Å²) in [5.41, 5.74) is 2.19. The van der Waals surface area contributed by atoms with Gasteiger partial charge in [-0.2, -0.15) is 0 Å². The molecule has 0 heterocycles. The van der Waals surface area contributed by atoms with Gasteiger partial charge in [-0.1, -0.05) is 61.2 Å². The fourth-order valence-electron chi connectivity index (χ4n) is 4.91. The van der Waals surface area contributed by atoms with E-state index in [-0.39, 0.29) is 37.4 Å². The number of nitrogens with zero attached hydrogens (tertiary/aromatic N) is 2. The van der Waals surface area contributed by atoms with E-state index in [4.69, 9.17) is 23.2 Å². The number of anilines is 1. The summed E-state index contributed by atoms with van der Waals surface area (Å²) in [7, 11) is -3.54. The molecule has 2 aromatic rings. The van der Waals surface area contributed by atoms with Gasteiger partial charge in [0, 0.05) is 35.6 Å². The second-order valence-electron chi connectivity index (χ2n) is 9.95. The molecule has 1 atom stereocenters. The molecule has 10 heteroatoms. The maximum atomic E-state index is 13.6. The molecule has 2 aromatic carbocycles. The van der Waals surface area contributed by atoms with Gasteiger partial charge in [0.05, 0.1) is 11.9 Å². The SMILES string of the molecule is CC[C@H](C(=O)NC1CCCC1)N(Cc1ccc(Cl)cc1Cl)C(=O)CCCN(c1cccc(C)c1)S(C)(=O)=O. The Morgan fingerprint density at radius 1 is 1.11 bits per heavy atom. The lowest BCUT2D eigenvalue weighted by Gasteiger charge is -2.32. The number of carbonyl (C=O) groups excluding carboxylic acids is 2. The lowest BCUT2D eigenvalue weighted by Crippen LogP contribution is -2.51. The third kappa shape index (κ3) is 8.35. The van der Waals surface area contributed by atoms with Crippen LogP contribution in [0.15, 0.2) is 42.5 Å². The van der Waals surface area contributed by atoms with E-state index in [0.29, 0.717) is 34.1 Å². The minimum Gasteiger partial charge on any atom is -0.352 e. The number of hydrogen-bond acceptors (Lipinski definition) is 4. The summed E-state index contributed by atoms with van der Waals surface area (Å²) < 4.78 is 26.4.